The number of anilines is 2. The van der Waals surface area contributed by atoms with Gasteiger partial charge in [0.1, 0.15) is 0 Å². The Bertz CT molecular complexity index is 505. The smallest absolute Gasteiger partial charge is 0.190 e. The summed E-state index contributed by atoms with van der Waals surface area (Å²) in [5.74, 6) is 0. The van der Waals surface area contributed by atoms with Crippen LogP contribution in [-0.2, 0) is 0 Å². The fraction of sp³-hybridized carbons (Fsp3) is 0.357. The molecule has 0 amide bonds. The van der Waals surface area contributed by atoms with Gasteiger partial charge in [-0.1, -0.05) is 29.5 Å². The average Bonchev–Trinajstić information content (AvgIpc) is 2.74. The minimum absolute atomic E-state index is 0.0470. The molecule has 1 heterocycles. The Morgan fingerprint density at radius 3 is 2.50 bits per heavy atom. The van der Waals surface area contributed by atoms with E-state index in [0.717, 1.165) is 17.4 Å². The maximum atomic E-state index is 5.96. The number of nitrogens with two attached hydrogens (primary N) is 1. The van der Waals surface area contributed by atoms with E-state index in [1.54, 1.807) is 11.3 Å². The molecule has 0 aliphatic rings. The van der Waals surface area contributed by atoms with Crippen LogP contribution in [0.2, 0.25) is 0 Å². The van der Waals surface area contributed by atoms with Crippen molar-refractivity contribution in [3.8, 4) is 0 Å². The van der Waals surface area contributed by atoms with Gasteiger partial charge in [-0.15, -0.1) is 0 Å². The van der Waals surface area contributed by atoms with Gasteiger partial charge in [0, 0.05) is 23.2 Å². The van der Waals surface area contributed by atoms with Gasteiger partial charge >= 0.3 is 0 Å². The second kappa shape index (κ2) is 5.50. The molecule has 1 aromatic carbocycles. The van der Waals surface area contributed by atoms with E-state index in [2.05, 4.69) is 28.9 Å². The zero-order chi connectivity index (χ0) is 13.1. The van der Waals surface area contributed by atoms with Crippen molar-refractivity contribution in [2.75, 3.05) is 11.4 Å². The lowest BCUT2D eigenvalue weighted by molar-refractivity contribution is 0.825. The molecule has 1 unspecified atom stereocenters. The standard InChI is InChI=1S/C14H19N3S/c1-4-17(12-8-6-5-7-9-12)14-16-11(3)13(18-14)10(2)15/h5-10H,4,15H2,1-3H3. The van der Waals surface area contributed by atoms with Gasteiger partial charge in [0.15, 0.2) is 5.13 Å². The lowest BCUT2D eigenvalue weighted by atomic mass is 10.2. The third kappa shape index (κ3) is 2.54. The molecule has 0 aliphatic carbocycles. The highest BCUT2D eigenvalue weighted by atomic mass is 32.1. The van der Waals surface area contributed by atoms with Crippen molar-refractivity contribution in [2.45, 2.75) is 26.8 Å². The molecule has 2 rings (SSSR count). The molecule has 3 nitrogen and oxygen atoms in total. The molecule has 0 saturated carbocycles. The van der Waals surface area contributed by atoms with Crippen LogP contribution in [0.5, 0.6) is 0 Å². The van der Waals surface area contributed by atoms with Crippen molar-refractivity contribution in [1.29, 1.82) is 0 Å². The molecular weight excluding hydrogens is 242 g/mol. The van der Waals surface area contributed by atoms with E-state index in [9.17, 15) is 0 Å². The number of benzene rings is 1. The molecule has 1 aromatic heterocycles. The van der Waals surface area contributed by atoms with Crippen LogP contribution in [0.1, 0.15) is 30.5 Å². The first kappa shape index (κ1) is 13.1. The van der Waals surface area contributed by atoms with Gasteiger partial charge in [-0.05, 0) is 32.9 Å². The average molecular weight is 261 g/mol. The number of hydrogen-bond donors (Lipinski definition) is 1. The fourth-order valence-corrected chi connectivity index (χ4v) is 3.07. The minimum Gasteiger partial charge on any atom is -0.323 e. The van der Waals surface area contributed by atoms with Crippen LogP contribution in [0.15, 0.2) is 30.3 Å². The van der Waals surface area contributed by atoms with Crippen LogP contribution < -0.4 is 10.6 Å². The molecule has 0 fully saturated rings. The highest BCUT2D eigenvalue weighted by molar-refractivity contribution is 7.15. The Balaban J connectivity index is 2.37. The van der Waals surface area contributed by atoms with E-state index >= 15 is 0 Å². The zero-order valence-electron chi connectivity index (χ0n) is 11.1. The second-order valence-electron chi connectivity index (χ2n) is 4.31. The van der Waals surface area contributed by atoms with Crippen molar-refractivity contribution in [3.63, 3.8) is 0 Å². The summed E-state index contributed by atoms with van der Waals surface area (Å²) in [6, 6.07) is 10.4. The Hall–Kier alpha value is -1.39. The summed E-state index contributed by atoms with van der Waals surface area (Å²) >= 11 is 1.68. The molecule has 4 heteroatoms. The largest absolute Gasteiger partial charge is 0.323 e. The summed E-state index contributed by atoms with van der Waals surface area (Å²) < 4.78 is 0. The normalized spacial score (nSPS) is 12.4. The van der Waals surface area contributed by atoms with Gasteiger partial charge < -0.3 is 10.6 Å². The van der Waals surface area contributed by atoms with Crippen molar-refractivity contribution >= 4 is 22.2 Å². The monoisotopic (exact) mass is 261 g/mol. The molecule has 0 saturated heterocycles. The lowest BCUT2D eigenvalue weighted by Gasteiger charge is -2.19. The predicted octanol–water partition coefficient (Wildman–Crippen LogP) is 3.63. The summed E-state index contributed by atoms with van der Waals surface area (Å²) in [6.07, 6.45) is 0. The first-order valence-electron chi connectivity index (χ1n) is 6.19. The quantitative estimate of drug-likeness (QED) is 0.914. The van der Waals surface area contributed by atoms with Crippen molar-refractivity contribution in [3.05, 3.63) is 40.9 Å². The molecule has 0 radical (unpaired) electrons. The van der Waals surface area contributed by atoms with Crippen molar-refractivity contribution in [1.82, 2.24) is 4.98 Å². The SMILES string of the molecule is CCN(c1ccccc1)c1nc(C)c(C(C)N)s1. The topological polar surface area (TPSA) is 42.2 Å². The van der Waals surface area contributed by atoms with Gasteiger partial charge in [-0.25, -0.2) is 4.98 Å². The molecular formula is C14H19N3S. The molecule has 0 spiro atoms. The maximum Gasteiger partial charge on any atom is 0.190 e. The minimum atomic E-state index is 0.0470. The highest BCUT2D eigenvalue weighted by Gasteiger charge is 2.16. The number of para-hydroxylation sites is 1. The van der Waals surface area contributed by atoms with Crippen LogP contribution in [0, 0.1) is 6.92 Å². The summed E-state index contributed by atoms with van der Waals surface area (Å²) in [7, 11) is 0. The van der Waals surface area contributed by atoms with Crippen LogP contribution >= 0.6 is 11.3 Å². The van der Waals surface area contributed by atoms with E-state index in [4.69, 9.17) is 5.73 Å². The summed E-state index contributed by atoms with van der Waals surface area (Å²) in [6.45, 7) is 7.06. The summed E-state index contributed by atoms with van der Waals surface area (Å²) in [5.41, 5.74) is 8.17. The van der Waals surface area contributed by atoms with Crippen molar-refractivity contribution in [2.24, 2.45) is 5.73 Å². The fourth-order valence-electron chi connectivity index (χ4n) is 1.97. The highest BCUT2D eigenvalue weighted by Crippen LogP contribution is 2.33. The summed E-state index contributed by atoms with van der Waals surface area (Å²) in [5, 5.41) is 1.02. The Labute approximate surface area is 112 Å². The van der Waals surface area contributed by atoms with Crippen molar-refractivity contribution < 1.29 is 0 Å². The van der Waals surface area contributed by atoms with E-state index in [0.29, 0.717) is 0 Å². The molecule has 1 atom stereocenters. The van der Waals surface area contributed by atoms with E-state index in [1.807, 2.05) is 32.0 Å². The van der Waals surface area contributed by atoms with E-state index in [1.165, 1.54) is 10.6 Å². The van der Waals surface area contributed by atoms with Crippen LogP contribution in [0.25, 0.3) is 0 Å². The summed E-state index contributed by atoms with van der Waals surface area (Å²) in [4.78, 5) is 8.02. The number of aryl methyl sites for hydroxylation is 1. The number of hydrogen-bond acceptors (Lipinski definition) is 4. The second-order valence-corrected chi connectivity index (χ2v) is 5.32. The van der Waals surface area contributed by atoms with Crippen LogP contribution in [0.3, 0.4) is 0 Å². The van der Waals surface area contributed by atoms with Gasteiger partial charge in [0.25, 0.3) is 0 Å². The van der Waals surface area contributed by atoms with Gasteiger partial charge in [-0.2, -0.15) is 0 Å². The van der Waals surface area contributed by atoms with Gasteiger partial charge in [-0.3, -0.25) is 0 Å². The molecule has 0 aliphatic heterocycles. The number of nitrogens with zero attached hydrogens (tertiary/aromatic N) is 2. The van der Waals surface area contributed by atoms with Crippen LogP contribution in [0.4, 0.5) is 10.8 Å². The van der Waals surface area contributed by atoms with Crippen LogP contribution in [-0.4, -0.2) is 11.5 Å². The predicted molar refractivity (Wildman–Crippen MR) is 78.6 cm³/mol. The number of thiazole rings is 1. The molecule has 96 valence electrons. The third-order valence-electron chi connectivity index (χ3n) is 2.85. The maximum absolute atomic E-state index is 5.96. The Morgan fingerprint density at radius 2 is 2.00 bits per heavy atom. The third-order valence-corrected chi connectivity index (χ3v) is 4.23. The lowest BCUT2D eigenvalue weighted by Crippen LogP contribution is -2.15. The molecule has 2 N–H and O–H groups in total. The van der Waals surface area contributed by atoms with Gasteiger partial charge in [0.2, 0.25) is 0 Å². The van der Waals surface area contributed by atoms with Gasteiger partial charge in [0.05, 0.1) is 5.69 Å². The van der Waals surface area contributed by atoms with E-state index < -0.39 is 0 Å². The van der Waals surface area contributed by atoms with E-state index in [-0.39, 0.29) is 6.04 Å². The number of aromatic nitrogens is 1. The molecule has 18 heavy (non-hydrogen) atoms. The first-order valence-corrected chi connectivity index (χ1v) is 7.00. The Kier molecular flexibility index (Phi) is 3.99. The molecule has 2 aromatic rings. The Morgan fingerprint density at radius 1 is 1.33 bits per heavy atom. The number of rotatable bonds is 4. The molecule has 0 bridgehead atoms. The zero-order valence-corrected chi connectivity index (χ0v) is 11.9. The first-order chi connectivity index (χ1) is 8.63.